The van der Waals surface area contributed by atoms with E-state index in [4.69, 9.17) is 0 Å². The fourth-order valence-electron chi connectivity index (χ4n) is 4.13. The van der Waals surface area contributed by atoms with Crippen LogP contribution in [0.15, 0.2) is 42.5 Å². The van der Waals surface area contributed by atoms with Gasteiger partial charge in [0.1, 0.15) is 0 Å². The lowest BCUT2D eigenvalue weighted by Gasteiger charge is -2.14. The minimum atomic E-state index is 0.671. The Bertz CT molecular complexity index is 593. The van der Waals surface area contributed by atoms with Gasteiger partial charge < -0.3 is 0 Å². The van der Waals surface area contributed by atoms with Crippen LogP contribution in [-0.2, 0) is 0 Å². The normalized spacial score (nSPS) is 12.5. The summed E-state index contributed by atoms with van der Waals surface area (Å²) in [6.07, 6.45) is 18.5. The summed E-state index contributed by atoms with van der Waals surface area (Å²) in [5.74, 6) is 0.671. The molecule has 2 aromatic carbocycles. The van der Waals surface area contributed by atoms with Crippen LogP contribution in [0.3, 0.4) is 0 Å². The molecule has 0 heteroatoms. The van der Waals surface area contributed by atoms with Crippen LogP contribution in [0.1, 0.15) is 109 Å². The molecule has 1 atom stereocenters. The summed E-state index contributed by atoms with van der Waals surface area (Å²) in [4.78, 5) is 0. The average Bonchev–Trinajstić information content (AvgIpc) is 2.68. The Morgan fingerprint density at radius 2 is 1.15 bits per heavy atom. The van der Waals surface area contributed by atoms with Gasteiger partial charge in [-0.2, -0.15) is 0 Å². The third-order valence-corrected chi connectivity index (χ3v) is 5.84. The summed E-state index contributed by atoms with van der Waals surface area (Å²) in [6, 6.07) is 15.6. The van der Waals surface area contributed by atoms with E-state index in [1.807, 2.05) is 0 Å². The van der Waals surface area contributed by atoms with Gasteiger partial charge in [-0.25, -0.2) is 0 Å². The maximum atomic E-state index is 2.40. The third-order valence-electron chi connectivity index (χ3n) is 5.84. The van der Waals surface area contributed by atoms with Gasteiger partial charge in [0.25, 0.3) is 0 Å². The zero-order chi connectivity index (χ0) is 18.5. The number of unbranched alkanes of at least 4 members (excludes halogenated alkanes) is 11. The Morgan fingerprint density at radius 1 is 0.615 bits per heavy atom. The molecule has 2 aromatic rings. The van der Waals surface area contributed by atoms with Crippen LogP contribution in [0, 0.1) is 0 Å². The van der Waals surface area contributed by atoms with Crippen molar-refractivity contribution in [2.45, 2.75) is 103 Å². The molecular weight excluding hydrogens is 312 g/mol. The van der Waals surface area contributed by atoms with Crippen molar-refractivity contribution >= 4 is 10.8 Å². The van der Waals surface area contributed by atoms with Crippen LogP contribution in [0.5, 0.6) is 0 Å². The van der Waals surface area contributed by atoms with Crippen molar-refractivity contribution in [1.82, 2.24) is 0 Å². The molecule has 0 bridgehead atoms. The van der Waals surface area contributed by atoms with Gasteiger partial charge in [0.05, 0.1) is 0 Å². The van der Waals surface area contributed by atoms with Crippen molar-refractivity contribution in [3.8, 4) is 0 Å². The Hall–Kier alpha value is -1.30. The van der Waals surface area contributed by atoms with Gasteiger partial charge in [-0.1, -0.05) is 133 Å². The predicted octanol–water partition coefficient (Wildman–Crippen LogP) is 9.03. The van der Waals surface area contributed by atoms with Crippen molar-refractivity contribution in [1.29, 1.82) is 0 Å². The summed E-state index contributed by atoms with van der Waals surface area (Å²) >= 11 is 0. The molecule has 0 heterocycles. The molecule has 0 fully saturated rings. The predicted molar refractivity (Wildman–Crippen MR) is 118 cm³/mol. The van der Waals surface area contributed by atoms with Crippen molar-refractivity contribution in [3.63, 3.8) is 0 Å². The van der Waals surface area contributed by atoms with Crippen molar-refractivity contribution in [2.24, 2.45) is 0 Å². The SMILES string of the molecule is CCCCCCCCCCCCCC[C@@H](C)c1cccc2ccccc12. The van der Waals surface area contributed by atoms with E-state index < -0.39 is 0 Å². The lowest BCUT2D eigenvalue weighted by Crippen LogP contribution is -1.95. The molecule has 0 saturated carbocycles. The van der Waals surface area contributed by atoms with Gasteiger partial charge in [0.2, 0.25) is 0 Å². The first-order valence-corrected chi connectivity index (χ1v) is 11.3. The zero-order valence-corrected chi connectivity index (χ0v) is 17.3. The quantitative estimate of drug-likeness (QED) is 0.297. The smallest absolute Gasteiger partial charge is 0.0149 e. The summed E-state index contributed by atoms with van der Waals surface area (Å²) in [7, 11) is 0. The Balaban J connectivity index is 1.53. The van der Waals surface area contributed by atoms with Gasteiger partial charge in [-0.15, -0.1) is 0 Å². The average molecular weight is 353 g/mol. The van der Waals surface area contributed by atoms with Gasteiger partial charge in [0, 0.05) is 0 Å². The highest BCUT2D eigenvalue weighted by molar-refractivity contribution is 5.86. The molecule has 0 aromatic heterocycles. The number of rotatable bonds is 14. The molecule has 0 spiro atoms. The fourth-order valence-corrected chi connectivity index (χ4v) is 4.13. The minimum Gasteiger partial charge on any atom is -0.0654 e. The molecule has 0 aliphatic heterocycles. The second-order valence-corrected chi connectivity index (χ2v) is 8.15. The second kappa shape index (κ2) is 13.0. The maximum absolute atomic E-state index is 2.40. The molecule has 0 amide bonds. The molecule has 2 rings (SSSR count). The van der Waals surface area contributed by atoms with Crippen LogP contribution < -0.4 is 0 Å². The zero-order valence-electron chi connectivity index (χ0n) is 17.3. The molecule has 0 nitrogen and oxygen atoms in total. The number of benzene rings is 2. The Morgan fingerprint density at radius 3 is 1.81 bits per heavy atom. The highest BCUT2D eigenvalue weighted by Gasteiger charge is 2.08. The lowest BCUT2D eigenvalue weighted by molar-refractivity contribution is 0.529. The Kier molecular flexibility index (Phi) is 10.5. The molecule has 0 unspecified atom stereocenters. The maximum Gasteiger partial charge on any atom is -0.0149 e. The highest BCUT2D eigenvalue weighted by Crippen LogP contribution is 2.29. The van der Waals surface area contributed by atoms with Crippen molar-refractivity contribution in [3.05, 3.63) is 48.0 Å². The van der Waals surface area contributed by atoms with E-state index in [1.165, 1.54) is 99.8 Å². The Labute approximate surface area is 162 Å². The van der Waals surface area contributed by atoms with E-state index in [9.17, 15) is 0 Å². The van der Waals surface area contributed by atoms with Gasteiger partial charge in [-0.3, -0.25) is 0 Å². The van der Waals surface area contributed by atoms with Crippen LogP contribution in [0.4, 0.5) is 0 Å². The van der Waals surface area contributed by atoms with Crippen LogP contribution >= 0.6 is 0 Å². The fraction of sp³-hybridized carbons (Fsp3) is 0.615. The molecule has 0 N–H and O–H groups in total. The highest BCUT2D eigenvalue weighted by atomic mass is 14.1. The monoisotopic (exact) mass is 352 g/mol. The number of fused-ring (bicyclic) bond motifs is 1. The molecular formula is C26H40. The first-order chi connectivity index (χ1) is 12.8. The molecule has 0 saturated heterocycles. The minimum absolute atomic E-state index is 0.671. The van der Waals surface area contributed by atoms with E-state index in [-0.39, 0.29) is 0 Å². The molecule has 0 aliphatic rings. The van der Waals surface area contributed by atoms with Crippen molar-refractivity contribution in [2.75, 3.05) is 0 Å². The molecule has 144 valence electrons. The standard InChI is InChI=1S/C26H40/c1-3-4-5-6-7-8-9-10-11-12-13-14-18-23(2)25-22-17-20-24-19-15-16-21-26(24)25/h15-17,19-23H,3-14,18H2,1-2H3/t23-/m1/s1. The van der Waals surface area contributed by atoms with E-state index in [0.717, 1.165) is 0 Å². The summed E-state index contributed by atoms with van der Waals surface area (Å²) in [5.41, 5.74) is 1.53. The van der Waals surface area contributed by atoms with Gasteiger partial charge in [-0.05, 0) is 28.7 Å². The van der Waals surface area contributed by atoms with E-state index in [1.54, 1.807) is 0 Å². The topological polar surface area (TPSA) is 0 Å². The van der Waals surface area contributed by atoms with Gasteiger partial charge >= 0.3 is 0 Å². The summed E-state index contributed by atoms with van der Waals surface area (Å²) in [6.45, 7) is 4.70. The molecule has 0 aliphatic carbocycles. The number of hydrogen-bond acceptors (Lipinski definition) is 0. The molecule has 26 heavy (non-hydrogen) atoms. The molecule has 0 radical (unpaired) electrons. The van der Waals surface area contributed by atoms with Crippen LogP contribution in [0.2, 0.25) is 0 Å². The third kappa shape index (κ3) is 7.52. The van der Waals surface area contributed by atoms with E-state index in [2.05, 4.69) is 56.3 Å². The number of hydrogen-bond donors (Lipinski definition) is 0. The summed E-state index contributed by atoms with van der Waals surface area (Å²) in [5, 5.41) is 2.83. The van der Waals surface area contributed by atoms with Gasteiger partial charge in [0.15, 0.2) is 0 Å². The first-order valence-electron chi connectivity index (χ1n) is 11.3. The van der Waals surface area contributed by atoms with Crippen LogP contribution in [-0.4, -0.2) is 0 Å². The first kappa shape index (κ1) is 21.0. The lowest BCUT2D eigenvalue weighted by atomic mass is 9.90. The van der Waals surface area contributed by atoms with Crippen molar-refractivity contribution < 1.29 is 0 Å². The second-order valence-electron chi connectivity index (χ2n) is 8.15. The largest absolute Gasteiger partial charge is 0.0654 e. The van der Waals surface area contributed by atoms with E-state index in [0.29, 0.717) is 5.92 Å². The van der Waals surface area contributed by atoms with Crippen LogP contribution in [0.25, 0.3) is 10.8 Å². The van der Waals surface area contributed by atoms with E-state index >= 15 is 0 Å². The summed E-state index contributed by atoms with van der Waals surface area (Å²) < 4.78 is 0.